The first-order chi connectivity index (χ1) is 16.2. The molecule has 0 atom stereocenters. The molecular formula is C26H31N5O2. The van der Waals surface area contributed by atoms with Crippen molar-refractivity contribution < 1.29 is 9.21 Å². The molecule has 7 heteroatoms. The summed E-state index contributed by atoms with van der Waals surface area (Å²) >= 11 is 0. The van der Waals surface area contributed by atoms with Crippen molar-refractivity contribution in [3.8, 4) is 0 Å². The fraction of sp³-hybridized carbons (Fsp3) is 0.385. The standard InChI is InChI=1S/C26H31N5O2/c1-2-31-24-12-14-28(13-6-10-22-11-7-19-33-22)20-23(24)25(27-31)26(32)30-17-15-29(16-18-30)21-8-4-3-5-9-21/h3-11,19H,2,12-18,20H2,1H3. The summed E-state index contributed by atoms with van der Waals surface area (Å²) in [5, 5.41) is 4.77. The lowest BCUT2D eigenvalue weighted by Crippen LogP contribution is -2.49. The van der Waals surface area contributed by atoms with Gasteiger partial charge in [0, 0.05) is 75.7 Å². The number of fused-ring (bicyclic) bond motifs is 1. The van der Waals surface area contributed by atoms with Gasteiger partial charge in [-0.3, -0.25) is 14.4 Å². The number of hydrogen-bond donors (Lipinski definition) is 0. The van der Waals surface area contributed by atoms with Gasteiger partial charge in [-0.2, -0.15) is 5.10 Å². The third kappa shape index (κ3) is 4.59. The number of piperazine rings is 1. The van der Waals surface area contributed by atoms with E-state index in [9.17, 15) is 4.79 Å². The first-order valence-corrected chi connectivity index (χ1v) is 11.8. The molecule has 7 nitrogen and oxygen atoms in total. The largest absolute Gasteiger partial charge is 0.465 e. The average molecular weight is 446 g/mol. The Hall–Kier alpha value is -3.32. The molecule has 1 aromatic carbocycles. The highest BCUT2D eigenvalue weighted by Gasteiger charge is 2.31. The molecular weight excluding hydrogens is 414 g/mol. The van der Waals surface area contributed by atoms with E-state index in [1.165, 1.54) is 11.4 Å². The molecule has 1 saturated heterocycles. The van der Waals surface area contributed by atoms with Gasteiger partial charge in [0.05, 0.1) is 6.26 Å². The predicted molar refractivity (Wildman–Crippen MR) is 129 cm³/mol. The highest BCUT2D eigenvalue weighted by Crippen LogP contribution is 2.25. The zero-order valence-corrected chi connectivity index (χ0v) is 19.2. The smallest absolute Gasteiger partial charge is 0.274 e. The van der Waals surface area contributed by atoms with Crippen molar-refractivity contribution in [3.05, 3.63) is 77.5 Å². The second-order valence-corrected chi connectivity index (χ2v) is 8.61. The van der Waals surface area contributed by atoms with Crippen LogP contribution in [-0.2, 0) is 19.5 Å². The lowest BCUT2D eigenvalue weighted by molar-refractivity contribution is 0.0737. The van der Waals surface area contributed by atoms with Crippen LogP contribution in [0.3, 0.4) is 0 Å². The Morgan fingerprint density at radius 2 is 1.88 bits per heavy atom. The Bertz CT molecular complexity index is 1100. The summed E-state index contributed by atoms with van der Waals surface area (Å²) in [6.45, 7) is 8.54. The molecule has 1 amide bonds. The maximum absolute atomic E-state index is 13.5. The zero-order chi connectivity index (χ0) is 22.6. The minimum absolute atomic E-state index is 0.0686. The van der Waals surface area contributed by atoms with Crippen LogP contribution in [-0.4, -0.2) is 64.8 Å². The molecule has 0 spiro atoms. The lowest BCUT2D eigenvalue weighted by atomic mass is 10.0. The summed E-state index contributed by atoms with van der Waals surface area (Å²) < 4.78 is 7.40. The Kier molecular flexibility index (Phi) is 6.30. The molecule has 33 heavy (non-hydrogen) atoms. The van der Waals surface area contributed by atoms with E-state index in [-0.39, 0.29) is 5.91 Å². The summed E-state index contributed by atoms with van der Waals surface area (Å²) in [5.74, 6) is 0.927. The van der Waals surface area contributed by atoms with E-state index >= 15 is 0 Å². The number of nitrogens with zero attached hydrogens (tertiary/aromatic N) is 5. The first-order valence-electron chi connectivity index (χ1n) is 11.8. The second-order valence-electron chi connectivity index (χ2n) is 8.61. The molecule has 3 aromatic rings. The summed E-state index contributed by atoms with van der Waals surface area (Å²) in [4.78, 5) is 20.2. The van der Waals surface area contributed by atoms with Crippen LogP contribution in [0.5, 0.6) is 0 Å². The van der Waals surface area contributed by atoms with E-state index in [1.54, 1.807) is 6.26 Å². The highest BCUT2D eigenvalue weighted by atomic mass is 16.3. The maximum Gasteiger partial charge on any atom is 0.274 e. The fourth-order valence-electron chi connectivity index (χ4n) is 4.80. The predicted octanol–water partition coefficient (Wildman–Crippen LogP) is 3.53. The van der Waals surface area contributed by atoms with Gasteiger partial charge in [0.25, 0.3) is 5.91 Å². The van der Waals surface area contributed by atoms with Gasteiger partial charge in [0.1, 0.15) is 5.76 Å². The lowest BCUT2D eigenvalue weighted by Gasteiger charge is -2.36. The van der Waals surface area contributed by atoms with E-state index in [0.717, 1.165) is 70.1 Å². The molecule has 0 aliphatic carbocycles. The Morgan fingerprint density at radius 1 is 1.06 bits per heavy atom. The van der Waals surface area contributed by atoms with Crippen LogP contribution in [0.15, 0.2) is 59.2 Å². The van der Waals surface area contributed by atoms with E-state index in [4.69, 9.17) is 9.52 Å². The van der Waals surface area contributed by atoms with Crippen molar-refractivity contribution in [2.45, 2.75) is 26.4 Å². The Morgan fingerprint density at radius 3 is 2.61 bits per heavy atom. The molecule has 2 aliphatic heterocycles. The quantitative estimate of drug-likeness (QED) is 0.581. The van der Waals surface area contributed by atoms with Gasteiger partial charge >= 0.3 is 0 Å². The molecule has 0 radical (unpaired) electrons. The number of aromatic nitrogens is 2. The van der Waals surface area contributed by atoms with Gasteiger partial charge in [0.15, 0.2) is 5.69 Å². The van der Waals surface area contributed by atoms with E-state index in [0.29, 0.717) is 5.69 Å². The van der Waals surface area contributed by atoms with E-state index in [2.05, 4.69) is 47.1 Å². The molecule has 172 valence electrons. The number of aryl methyl sites for hydroxylation is 1. The van der Waals surface area contributed by atoms with Crippen molar-refractivity contribution in [1.82, 2.24) is 19.6 Å². The maximum atomic E-state index is 13.5. The number of carbonyl (C=O) groups excluding carboxylic acids is 1. The molecule has 2 aromatic heterocycles. The monoisotopic (exact) mass is 445 g/mol. The Balaban J connectivity index is 1.27. The minimum atomic E-state index is 0.0686. The number of anilines is 1. The van der Waals surface area contributed by atoms with E-state index in [1.807, 2.05) is 33.9 Å². The average Bonchev–Trinajstić information content (AvgIpc) is 3.52. The molecule has 0 bridgehead atoms. The van der Waals surface area contributed by atoms with Crippen molar-refractivity contribution >= 4 is 17.7 Å². The molecule has 5 rings (SSSR count). The van der Waals surface area contributed by atoms with Gasteiger partial charge in [-0.05, 0) is 37.3 Å². The van der Waals surface area contributed by atoms with Gasteiger partial charge in [-0.15, -0.1) is 0 Å². The summed E-state index contributed by atoms with van der Waals surface area (Å²) in [6, 6.07) is 14.3. The molecule has 4 heterocycles. The summed E-state index contributed by atoms with van der Waals surface area (Å²) in [5.41, 5.74) is 4.18. The Labute approximate surface area is 194 Å². The molecule has 0 unspecified atom stereocenters. The number of para-hydroxylation sites is 1. The number of benzene rings is 1. The van der Waals surface area contributed by atoms with Crippen LogP contribution in [0, 0.1) is 0 Å². The number of hydrogen-bond acceptors (Lipinski definition) is 5. The summed E-state index contributed by atoms with van der Waals surface area (Å²) in [7, 11) is 0. The highest BCUT2D eigenvalue weighted by molar-refractivity contribution is 5.94. The molecule has 2 aliphatic rings. The topological polar surface area (TPSA) is 57.8 Å². The first kappa shape index (κ1) is 21.5. The van der Waals surface area contributed by atoms with Crippen LogP contribution < -0.4 is 4.90 Å². The van der Waals surface area contributed by atoms with Gasteiger partial charge < -0.3 is 14.2 Å². The van der Waals surface area contributed by atoms with Crippen LogP contribution in [0.4, 0.5) is 5.69 Å². The second kappa shape index (κ2) is 9.67. The third-order valence-corrected chi connectivity index (χ3v) is 6.59. The SMILES string of the molecule is CCn1nc(C(=O)N2CCN(c3ccccc3)CC2)c2c1CCN(CC=Cc1ccco1)C2. The number of furan rings is 1. The van der Waals surface area contributed by atoms with Gasteiger partial charge in [-0.1, -0.05) is 24.3 Å². The van der Waals surface area contributed by atoms with Gasteiger partial charge in [0.2, 0.25) is 0 Å². The van der Waals surface area contributed by atoms with Crippen molar-refractivity contribution in [1.29, 1.82) is 0 Å². The summed E-state index contributed by atoms with van der Waals surface area (Å²) in [6.07, 6.45) is 6.73. The normalized spacial score (nSPS) is 17.0. The third-order valence-electron chi connectivity index (χ3n) is 6.59. The van der Waals surface area contributed by atoms with Crippen molar-refractivity contribution in [2.24, 2.45) is 0 Å². The van der Waals surface area contributed by atoms with Crippen molar-refractivity contribution in [2.75, 3.05) is 44.2 Å². The molecule has 1 fully saturated rings. The number of rotatable bonds is 6. The number of carbonyl (C=O) groups is 1. The molecule has 0 saturated carbocycles. The van der Waals surface area contributed by atoms with Crippen LogP contribution >= 0.6 is 0 Å². The minimum Gasteiger partial charge on any atom is -0.465 e. The van der Waals surface area contributed by atoms with Crippen LogP contribution in [0.2, 0.25) is 0 Å². The van der Waals surface area contributed by atoms with Crippen LogP contribution in [0.1, 0.15) is 34.4 Å². The van der Waals surface area contributed by atoms with Crippen molar-refractivity contribution in [3.63, 3.8) is 0 Å². The molecule has 0 N–H and O–H groups in total. The fourth-order valence-corrected chi connectivity index (χ4v) is 4.80. The zero-order valence-electron chi connectivity index (χ0n) is 19.2. The number of amides is 1. The van der Waals surface area contributed by atoms with E-state index < -0.39 is 0 Å². The van der Waals surface area contributed by atoms with Gasteiger partial charge in [-0.25, -0.2) is 0 Å². The van der Waals surface area contributed by atoms with Crippen LogP contribution in [0.25, 0.3) is 6.08 Å².